The Labute approximate surface area is 164 Å². The van der Waals surface area contributed by atoms with Crippen molar-refractivity contribution in [3.8, 4) is 0 Å². The minimum Gasteiger partial charge on any atom is -0.478 e. The molecule has 6 heteroatoms. The van der Waals surface area contributed by atoms with E-state index in [0.29, 0.717) is 12.1 Å². The molecular weight excluding hydrogens is 354 g/mol. The van der Waals surface area contributed by atoms with E-state index in [1.807, 2.05) is 17.0 Å². The molecule has 28 heavy (non-hydrogen) atoms. The lowest BCUT2D eigenvalue weighted by Gasteiger charge is -2.24. The lowest BCUT2D eigenvalue weighted by atomic mass is 10.0. The van der Waals surface area contributed by atoms with Crippen LogP contribution < -0.4 is 15.5 Å². The summed E-state index contributed by atoms with van der Waals surface area (Å²) < 4.78 is 0. The molecule has 0 radical (unpaired) electrons. The van der Waals surface area contributed by atoms with Gasteiger partial charge in [0, 0.05) is 12.2 Å². The van der Waals surface area contributed by atoms with E-state index in [4.69, 9.17) is 5.11 Å². The highest BCUT2D eigenvalue weighted by molar-refractivity contribution is 5.95. The van der Waals surface area contributed by atoms with Crippen LogP contribution in [0.5, 0.6) is 0 Å². The van der Waals surface area contributed by atoms with Crippen LogP contribution in [0.15, 0.2) is 42.5 Å². The third kappa shape index (κ3) is 3.87. The fraction of sp³-hybridized carbons (Fsp3) is 0.364. The minimum absolute atomic E-state index is 0.0436. The fourth-order valence-corrected chi connectivity index (χ4v) is 4.06. The topological polar surface area (TPSA) is 81.7 Å². The first-order valence-electron chi connectivity index (χ1n) is 9.83. The number of carboxylic acid groups (broad SMARTS) is 1. The van der Waals surface area contributed by atoms with Gasteiger partial charge in [0.1, 0.15) is 0 Å². The van der Waals surface area contributed by atoms with Crippen LogP contribution >= 0.6 is 0 Å². The quantitative estimate of drug-likeness (QED) is 0.746. The standard InChI is InChI=1S/C22H25N3O3/c26-21(27)17-4-1-15(2-5-17)3-7-20-14-24-22(28)25(20)19-8-6-16-9-11-23-12-10-18(16)13-19/h1-2,4-6,8,13,20,23H,3,7,9-12,14H2,(H,24,28)(H,26,27). The minimum atomic E-state index is -0.915. The Morgan fingerprint density at radius 1 is 1.07 bits per heavy atom. The lowest BCUT2D eigenvalue weighted by Crippen LogP contribution is -2.34. The number of aromatic carboxylic acids is 1. The third-order valence-corrected chi connectivity index (χ3v) is 5.65. The Kier molecular flexibility index (Phi) is 5.30. The van der Waals surface area contributed by atoms with E-state index in [2.05, 4.69) is 28.8 Å². The van der Waals surface area contributed by atoms with Crippen molar-refractivity contribution in [1.29, 1.82) is 0 Å². The fourth-order valence-electron chi connectivity index (χ4n) is 4.06. The molecule has 2 aromatic carbocycles. The predicted molar refractivity (Wildman–Crippen MR) is 108 cm³/mol. The molecule has 1 saturated heterocycles. The number of nitrogens with zero attached hydrogens (tertiary/aromatic N) is 1. The summed E-state index contributed by atoms with van der Waals surface area (Å²) in [5.41, 5.74) is 5.02. The van der Waals surface area contributed by atoms with Crippen molar-refractivity contribution in [2.24, 2.45) is 0 Å². The molecule has 0 bridgehead atoms. The number of amides is 2. The highest BCUT2D eigenvalue weighted by Crippen LogP contribution is 2.27. The van der Waals surface area contributed by atoms with Gasteiger partial charge < -0.3 is 15.7 Å². The highest BCUT2D eigenvalue weighted by atomic mass is 16.4. The summed E-state index contributed by atoms with van der Waals surface area (Å²) in [6, 6.07) is 13.4. The van der Waals surface area contributed by atoms with E-state index in [-0.39, 0.29) is 12.1 Å². The van der Waals surface area contributed by atoms with Crippen LogP contribution in [-0.2, 0) is 19.3 Å². The molecular formula is C22H25N3O3. The molecule has 1 fully saturated rings. The summed E-state index contributed by atoms with van der Waals surface area (Å²) in [7, 11) is 0. The van der Waals surface area contributed by atoms with Gasteiger partial charge in [0.2, 0.25) is 0 Å². The molecule has 3 N–H and O–H groups in total. The van der Waals surface area contributed by atoms with E-state index in [1.165, 1.54) is 11.1 Å². The number of aryl methyl sites for hydroxylation is 1. The van der Waals surface area contributed by atoms with E-state index in [9.17, 15) is 9.59 Å². The van der Waals surface area contributed by atoms with Crippen molar-refractivity contribution in [1.82, 2.24) is 10.6 Å². The first-order valence-corrected chi connectivity index (χ1v) is 9.83. The number of anilines is 1. The van der Waals surface area contributed by atoms with Gasteiger partial charge in [-0.1, -0.05) is 18.2 Å². The maximum absolute atomic E-state index is 12.5. The summed E-state index contributed by atoms with van der Waals surface area (Å²) in [5, 5.41) is 15.4. The number of carbonyl (C=O) groups is 2. The van der Waals surface area contributed by atoms with Crippen LogP contribution in [0.3, 0.4) is 0 Å². The number of carbonyl (C=O) groups excluding carboxylic acids is 1. The second kappa shape index (κ2) is 8.02. The van der Waals surface area contributed by atoms with Crippen molar-refractivity contribution in [3.63, 3.8) is 0 Å². The number of hydrogen-bond acceptors (Lipinski definition) is 3. The van der Waals surface area contributed by atoms with Crippen molar-refractivity contribution in [2.45, 2.75) is 31.7 Å². The molecule has 4 rings (SSSR count). The Hall–Kier alpha value is -2.86. The maximum Gasteiger partial charge on any atom is 0.335 e. The number of nitrogens with one attached hydrogen (secondary N) is 2. The summed E-state index contributed by atoms with van der Waals surface area (Å²) in [6.45, 7) is 2.60. The normalized spacial score (nSPS) is 19.1. The molecule has 0 saturated carbocycles. The monoisotopic (exact) mass is 379 g/mol. The van der Waals surface area contributed by atoms with Gasteiger partial charge in [-0.25, -0.2) is 9.59 Å². The Morgan fingerprint density at radius 2 is 1.82 bits per heavy atom. The molecule has 2 heterocycles. The zero-order valence-electron chi connectivity index (χ0n) is 15.8. The Bertz CT molecular complexity index is 879. The van der Waals surface area contributed by atoms with E-state index >= 15 is 0 Å². The van der Waals surface area contributed by atoms with Crippen LogP contribution in [0, 0.1) is 0 Å². The van der Waals surface area contributed by atoms with Crippen LogP contribution in [0.25, 0.3) is 0 Å². The number of rotatable bonds is 5. The highest BCUT2D eigenvalue weighted by Gasteiger charge is 2.32. The SMILES string of the molecule is O=C(O)c1ccc(CCC2CNC(=O)N2c2ccc3c(c2)CCNCC3)cc1. The smallest absolute Gasteiger partial charge is 0.335 e. The van der Waals surface area contributed by atoms with E-state index in [0.717, 1.165) is 50.0 Å². The number of carboxylic acids is 1. The van der Waals surface area contributed by atoms with Gasteiger partial charge in [-0.2, -0.15) is 0 Å². The summed E-state index contributed by atoms with van der Waals surface area (Å²) >= 11 is 0. The summed E-state index contributed by atoms with van der Waals surface area (Å²) in [6.07, 6.45) is 3.63. The third-order valence-electron chi connectivity index (χ3n) is 5.65. The molecule has 2 aliphatic rings. The van der Waals surface area contributed by atoms with Crippen molar-refractivity contribution < 1.29 is 14.7 Å². The van der Waals surface area contributed by atoms with Crippen molar-refractivity contribution in [2.75, 3.05) is 24.5 Å². The molecule has 6 nitrogen and oxygen atoms in total. The lowest BCUT2D eigenvalue weighted by molar-refractivity contribution is 0.0697. The first kappa shape index (κ1) is 18.5. The van der Waals surface area contributed by atoms with Gasteiger partial charge in [0.05, 0.1) is 11.6 Å². The van der Waals surface area contributed by atoms with Crippen LogP contribution in [-0.4, -0.2) is 42.8 Å². The molecule has 2 aliphatic heterocycles. The largest absolute Gasteiger partial charge is 0.478 e. The van der Waals surface area contributed by atoms with Crippen LogP contribution in [0.4, 0.5) is 10.5 Å². The number of hydrogen-bond donors (Lipinski definition) is 3. The van der Waals surface area contributed by atoms with Crippen molar-refractivity contribution in [3.05, 3.63) is 64.7 Å². The molecule has 2 aromatic rings. The van der Waals surface area contributed by atoms with E-state index in [1.54, 1.807) is 12.1 Å². The van der Waals surface area contributed by atoms with Gasteiger partial charge in [-0.05, 0) is 79.7 Å². The first-order chi connectivity index (χ1) is 13.6. The zero-order valence-corrected chi connectivity index (χ0v) is 15.8. The second-order valence-electron chi connectivity index (χ2n) is 7.45. The Balaban J connectivity index is 1.48. The van der Waals surface area contributed by atoms with Gasteiger partial charge in [-0.3, -0.25) is 4.90 Å². The van der Waals surface area contributed by atoms with Gasteiger partial charge in [-0.15, -0.1) is 0 Å². The molecule has 2 amide bonds. The second-order valence-corrected chi connectivity index (χ2v) is 7.45. The number of benzene rings is 2. The number of urea groups is 1. The van der Waals surface area contributed by atoms with Gasteiger partial charge >= 0.3 is 12.0 Å². The van der Waals surface area contributed by atoms with Crippen molar-refractivity contribution >= 4 is 17.7 Å². The summed E-state index contributed by atoms with van der Waals surface area (Å²) in [4.78, 5) is 25.4. The molecule has 0 aliphatic carbocycles. The average molecular weight is 379 g/mol. The van der Waals surface area contributed by atoms with Gasteiger partial charge in [0.15, 0.2) is 0 Å². The number of fused-ring (bicyclic) bond motifs is 1. The average Bonchev–Trinajstić information content (AvgIpc) is 2.91. The zero-order chi connectivity index (χ0) is 19.5. The Morgan fingerprint density at radius 3 is 2.57 bits per heavy atom. The molecule has 0 spiro atoms. The predicted octanol–water partition coefficient (Wildman–Crippen LogP) is 2.60. The van der Waals surface area contributed by atoms with Gasteiger partial charge in [0.25, 0.3) is 0 Å². The molecule has 146 valence electrons. The molecule has 1 atom stereocenters. The van der Waals surface area contributed by atoms with E-state index < -0.39 is 5.97 Å². The molecule has 1 unspecified atom stereocenters. The van der Waals surface area contributed by atoms with Crippen LogP contribution in [0.2, 0.25) is 0 Å². The summed E-state index contributed by atoms with van der Waals surface area (Å²) in [5.74, 6) is -0.915. The molecule has 0 aromatic heterocycles. The van der Waals surface area contributed by atoms with Crippen LogP contribution in [0.1, 0.15) is 33.5 Å². The maximum atomic E-state index is 12.5.